The summed E-state index contributed by atoms with van der Waals surface area (Å²) >= 11 is 0.774. The van der Waals surface area contributed by atoms with Crippen LogP contribution < -0.4 is 34.5 Å². The molecule has 0 aliphatic carbocycles. The fourth-order valence-corrected chi connectivity index (χ4v) is 14.4. The molecule has 8 heterocycles. The first-order valence-electron chi connectivity index (χ1n) is 31.9. The second-order valence-electron chi connectivity index (χ2n) is 24.2. The average molecular weight is 1450 g/mol. The van der Waals surface area contributed by atoms with E-state index in [0.717, 1.165) is 47.7 Å². The van der Waals surface area contributed by atoms with Gasteiger partial charge in [-0.15, -0.1) is 22.7 Å². The van der Waals surface area contributed by atoms with Gasteiger partial charge in [-0.2, -0.15) is 52.7 Å². The van der Waals surface area contributed by atoms with Gasteiger partial charge in [-0.1, -0.05) is 51.0 Å². The number of primary amides is 1. The summed E-state index contributed by atoms with van der Waals surface area (Å²) in [6.07, 6.45) is -14.3. The molecule has 10 rings (SSSR count). The van der Waals surface area contributed by atoms with E-state index >= 15 is 0 Å². The number of amides is 5. The Bertz CT molecular complexity index is 3630. The van der Waals surface area contributed by atoms with Crippen LogP contribution in [0.25, 0.3) is 0 Å². The molecule has 2 aromatic carbocycles. The number of ketones is 1. The predicted molar refractivity (Wildman–Crippen MR) is 343 cm³/mol. The number of ether oxygens (including phenoxy) is 4. The van der Waals surface area contributed by atoms with Crippen molar-refractivity contribution in [2.45, 2.75) is 120 Å². The first-order valence-corrected chi connectivity index (χ1v) is 33.7. The third kappa shape index (κ3) is 17.1. The molecule has 4 aromatic heterocycles. The highest BCUT2D eigenvalue weighted by molar-refractivity contribution is 7.10. The number of nitrogens with two attached hydrogens (primary N) is 1. The number of likely N-dealkylation sites (tertiary alicyclic amines) is 2. The Morgan fingerprint density at radius 3 is 1.25 bits per heavy atom. The zero-order chi connectivity index (χ0) is 72.5. The maximum atomic E-state index is 14.8. The summed E-state index contributed by atoms with van der Waals surface area (Å²) in [4.78, 5) is 95.2. The minimum Gasteiger partial charge on any atom is -0.484 e. The van der Waals surface area contributed by atoms with Gasteiger partial charge in [0.2, 0.25) is 11.2 Å². The number of para-hydroxylation sites is 4. The third-order valence-electron chi connectivity index (χ3n) is 17.5. The summed E-state index contributed by atoms with van der Waals surface area (Å²) in [7, 11) is 0. The number of benzene rings is 2. The van der Waals surface area contributed by atoms with Crippen LogP contribution in [-0.4, -0.2) is 167 Å². The molecule has 4 atom stereocenters. The number of thiophene rings is 2. The number of hydrogen-bond acceptors (Lipinski definition) is 16. The summed E-state index contributed by atoms with van der Waals surface area (Å²) in [5.74, 6) is -3.56. The lowest BCUT2D eigenvalue weighted by Gasteiger charge is -2.50. The van der Waals surface area contributed by atoms with Gasteiger partial charge in [0.15, 0.2) is 12.4 Å². The van der Waals surface area contributed by atoms with Crippen LogP contribution in [0.4, 0.5) is 64.1 Å². The molecule has 540 valence electrons. The van der Waals surface area contributed by atoms with Crippen molar-refractivity contribution in [3.63, 3.8) is 0 Å². The standard InChI is InChI=1S/C34H36F6N4O5S.C33H35F6N5O5S/c1-3-7-28-32(49-23-18-29(50-21-23)34(38,39)40,11-6-13-44(28)30(46)24-19-41-12-10-25(24)33(35,36)37)31(47)43-16-14-42(15-17-43)26-8-4-5-9-27(26)48-20-22(2)45;1-2-6-26-31(49-21-17-27(50-20-21)33(37,38)39,10-5-12-44(26)29(46)22-18-41-11-9-23(22)32(34,35)36)30(47)43-15-13-42(14-16-43)24-7-3-4-8-25(24)48-19-28(40)45/h4-5,8-10,12,18-19,21,28H,3,6-7,11,13-17,20H2,1-2H3;3-4,7-9,11,17-18,20,26H,2,5-6,10,12-16,19H2,1H3,(H2,40,45)/t28-,32+;26-,31+/m11/s1. The predicted octanol–water partition coefficient (Wildman–Crippen LogP) is 12.3. The summed E-state index contributed by atoms with van der Waals surface area (Å²) in [6.45, 7) is 6.30. The highest BCUT2D eigenvalue weighted by Crippen LogP contribution is 2.46. The lowest BCUT2D eigenvalue weighted by Crippen LogP contribution is -2.69. The Labute approximate surface area is 574 Å². The Kier molecular flexibility index (Phi) is 23.6. The van der Waals surface area contributed by atoms with Crippen LogP contribution in [0.15, 0.2) is 108 Å². The van der Waals surface area contributed by atoms with Gasteiger partial charge in [-0.05, 0) is 69.0 Å². The quantitative estimate of drug-likeness (QED) is 0.0705. The van der Waals surface area contributed by atoms with E-state index in [1.165, 1.54) is 26.5 Å². The Morgan fingerprint density at radius 2 is 0.910 bits per heavy atom. The second kappa shape index (κ2) is 31.3. The Hall–Kier alpha value is -8.88. The molecule has 4 aliphatic rings. The lowest BCUT2D eigenvalue weighted by molar-refractivity contribution is -0.160. The number of halogens is 12. The number of Topliss-reactive ketones (excluding diaryl/α,β-unsaturated/α-hetero) is 1. The van der Waals surface area contributed by atoms with Crippen LogP contribution in [0, 0.1) is 0 Å². The largest absolute Gasteiger partial charge is 0.484 e. The molecule has 19 nitrogen and oxygen atoms in total. The molecule has 4 aliphatic heterocycles. The summed E-state index contributed by atoms with van der Waals surface area (Å²) in [6, 6.07) is 14.8. The number of hydrogen-bond donors (Lipinski definition) is 1. The minimum atomic E-state index is -4.87. The highest BCUT2D eigenvalue weighted by atomic mass is 32.1. The zero-order valence-electron chi connectivity index (χ0n) is 54.3. The van der Waals surface area contributed by atoms with E-state index in [0.29, 0.717) is 96.7 Å². The molecule has 0 bridgehead atoms. The number of aromatic nitrogens is 2. The van der Waals surface area contributed by atoms with Gasteiger partial charge in [0, 0.05) is 126 Å². The molecular formula is C67H71F12N9O10S2. The number of alkyl halides is 12. The molecule has 0 saturated carbocycles. The summed E-state index contributed by atoms with van der Waals surface area (Å²) in [5.41, 5.74) is -1.01. The van der Waals surface area contributed by atoms with Crippen LogP contribution in [0.1, 0.15) is 114 Å². The number of anilines is 2. The van der Waals surface area contributed by atoms with Crippen molar-refractivity contribution in [2.24, 2.45) is 5.73 Å². The third-order valence-corrected chi connectivity index (χ3v) is 19.4. The molecule has 0 spiro atoms. The van der Waals surface area contributed by atoms with Crippen molar-refractivity contribution in [2.75, 3.05) is 88.5 Å². The molecule has 5 amide bonds. The van der Waals surface area contributed by atoms with Crippen molar-refractivity contribution >= 4 is 69.4 Å². The molecular weight excluding hydrogens is 1380 g/mol. The molecule has 4 saturated heterocycles. The number of nitrogens with zero attached hydrogens (tertiary/aromatic N) is 8. The molecule has 6 aromatic rings. The van der Waals surface area contributed by atoms with Crippen molar-refractivity contribution < 1.29 is 100 Å². The van der Waals surface area contributed by atoms with Crippen LogP contribution >= 0.6 is 22.7 Å². The fourth-order valence-electron chi connectivity index (χ4n) is 13.0. The van der Waals surface area contributed by atoms with Crippen LogP contribution in [-0.2, 0) is 43.9 Å². The van der Waals surface area contributed by atoms with Crippen molar-refractivity contribution in [3.8, 4) is 23.0 Å². The van der Waals surface area contributed by atoms with Gasteiger partial charge in [-0.25, -0.2) is 0 Å². The first kappa shape index (κ1) is 75.3. The number of piperazine rings is 2. The van der Waals surface area contributed by atoms with E-state index in [-0.39, 0.29) is 108 Å². The average Bonchev–Trinajstić information content (AvgIpc) is 0.991. The Morgan fingerprint density at radius 1 is 0.530 bits per heavy atom. The van der Waals surface area contributed by atoms with E-state index in [1.807, 2.05) is 21.9 Å². The lowest BCUT2D eigenvalue weighted by atomic mass is 9.79. The number of rotatable bonds is 20. The van der Waals surface area contributed by atoms with E-state index in [9.17, 15) is 81.5 Å². The van der Waals surface area contributed by atoms with E-state index in [4.69, 9.17) is 24.7 Å². The van der Waals surface area contributed by atoms with Crippen molar-refractivity contribution in [1.82, 2.24) is 29.6 Å². The zero-order valence-corrected chi connectivity index (χ0v) is 55.9. The van der Waals surface area contributed by atoms with E-state index in [2.05, 4.69) is 9.97 Å². The normalized spacial score (nSPS) is 20.1. The van der Waals surface area contributed by atoms with Crippen LogP contribution in [0.2, 0.25) is 0 Å². The molecule has 100 heavy (non-hydrogen) atoms. The maximum absolute atomic E-state index is 14.8. The first-order chi connectivity index (χ1) is 47.3. The second-order valence-corrected chi connectivity index (χ2v) is 26.0. The van der Waals surface area contributed by atoms with Crippen LogP contribution in [0.5, 0.6) is 23.0 Å². The molecule has 4 fully saturated rings. The topological polar surface area (TPSA) is 211 Å². The minimum absolute atomic E-state index is 0.000645. The van der Waals surface area contributed by atoms with Gasteiger partial charge in [0.25, 0.3) is 29.5 Å². The van der Waals surface area contributed by atoms with Crippen molar-refractivity contribution in [3.05, 3.63) is 140 Å². The summed E-state index contributed by atoms with van der Waals surface area (Å²) < 4.78 is 189. The summed E-state index contributed by atoms with van der Waals surface area (Å²) in [5, 5.41) is 2.27. The van der Waals surface area contributed by atoms with Gasteiger partial charge < -0.3 is 54.1 Å². The van der Waals surface area contributed by atoms with E-state index < -0.39 is 110 Å². The van der Waals surface area contributed by atoms with Crippen molar-refractivity contribution in [1.29, 1.82) is 0 Å². The number of carbonyl (C=O) groups excluding carboxylic acids is 6. The molecule has 33 heteroatoms. The van der Waals surface area contributed by atoms with E-state index in [1.54, 1.807) is 50.2 Å². The van der Waals surface area contributed by atoms with Gasteiger partial charge in [0.1, 0.15) is 39.4 Å². The van der Waals surface area contributed by atoms with Gasteiger partial charge >= 0.3 is 24.7 Å². The number of pyridine rings is 2. The molecule has 0 radical (unpaired) electrons. The van der Waals surface area contributed by atoms with Crippen LogP contribution in [0.3, 0.4) is 0 Å². The number of carbonyl (C=O) groups is 6. The monoisotopic (exact) mass is 1450 g/mol. The molecule has 0 unspecified atom stereocenters. The highest BCUT2D eigenvalue weighted by Gasteiger charge is 2.58. The van der Waals surface area contributed by atoms with Gasteiger partial charge in [-0.3, -0.25) is 38.7 Å². The Balaban J connectivity index is 0.000000233. The fraction of sp³-hybridized carbons (Fsp3) is 0.463. The SMILES string of the molecule is CCC[C@H]1N(C(=O)c2cnccc2C(F)(F)F)CCC[C@@]1(Oc1csc(C(F)(F)F)c1)C(=O)N1CCN(c2ccccc2OCC(C)=O)CC1.CCC[C@H]1N(C(=O)c2cnccc2C(F)(F)F)CCC[C@@]1(Oc1csc(C(F)(F)F)c1)C(=O)N1CCN(c2ccccc2OCC(N)=O)CC1. The number of piperidine rings is 2. The molecule has 2 N–H and O–H groups in total. The van der Waals surface area contributed by atoms with Gasteiger partial charge in [0.05, 0.1) is 45.7 Å². The maximum Gasteiger partial charge on any atom is 0.425 e. The smallest absolute Gasteiger partial charge is 0.425 e.